The standard InChI is InChI=1S/C22H15F3N8O2/c23-22(24,25)13-4-2-7-33-16(13)9-15(31-33)18-17-14(27-11-28-17)5-8-32(18)21(34)20-30-29-19(35-20)12-3-1-6-26-10-12/h1-4,6-7,9-11,18H,5,8H2,(H,27,28)/t18-/m0/s1. The van der Waals surface area contributed by atoms with Gasteiger partial charge in [-0.15, -0.1) is 10.2 Å². The van der Waals surface area contributed by atoms with Crippen LogP contribution in [0.25, 0.3) is 17.0 Å². The number of nitrogens with zero attached hydrogens (tertiary/aromatic N) is 7. The summed E-state index contributed by atoms with van der Waals surface area (Å²) in [7, 11) is 0. The van der Waals surface area contributed by atoms with Crippen LogP contribution < -0.4 is 0 Å². The number of fused-ring (bicyclic) bond motifs is 2. The Morgan fingerprint density at radius 2 is 2.09 bits per heavy atom. The fraction of sp³-hybridized carbons (Fsp3) is 0.182. The Morgan fingerprint density at radius 3 is 2.89 bits per heavy atom. The van der Waals surface area contributed by atoms with E-state index in [9.17, 15) is 18.0 Å². The van der Waals surface area contributed by atoms with Crippen LogP contribution in [-0.4, -0.2) is 52.1 Å². The van der Waals surface area contributed by atoms with Gasteiger partial charge < -0.3 is 14.3 Å². The van der Waals surface area contributed by atoms with E-state index in [2.05, 4.69) is 30.2 Å². The highest BCUT2D eigenvalue weighted by atomic mass is 19.4. The number of carbonyl (C=O) groups is 1. The van der Waals surface area contributed by atoms with Gasteiger partial charge in [0.15, 0.2) is 0 Å². The Morgan fingerprint density at radius 1 is 1.20 bits per heavy atom. The van der Waals surface area contributed by atoms with Crippen molar-refractivity contribution in [1.82, 2.24) is 39.7 Å². The van der Waals surface area contributed by atoms with Crippen LogP contribution >= 0.6 is 0 Å². The average Bonchev–Trinajstić information content (AvgIpc) is 3.61. The summed E-state index contributed by atoms with van der Waals surface area (Å²) < 4.78 is 47.5. The van der Waals surface area contributed by atoms with Crippen molar-refractivity contribution in [3.8, 4) is 11.5 Å². The van der Waals surface area contributed by atoms with Crippen LogP contribution in [0.2, 0.25) is 0 Å². The molecule has 6 rings (SSSR count). The Labute approximate surface area is 194 Å². The molecule has 1 aliphatic heterocycles. The maximum atomic E-state index is 13.6. The van der Waals surface area contributed by atoms with Gasteiger partial charge in [-0.25, -0.2) is 9.50 Å². The van der Waals surface area contributed by atoms with Gasteiger partial charge in [0.1, 0.15) is 6.04 Å². The predicted molar refractivity (Wildman–Crippen MR) is 113 cm³/mol. The molecule has 6 heterocycles. The van der Waals surface area contributed by atoms with E-state index in [1.165, 1.54) is 35.8 Å². The lowest BCUT2D eigenvalue weighted by Crippen LogP contribution is -2.41. The topological polar surface area (TPSA) is 118 Å². The molecule has 13 heteroatoms. The first kappa shape index (κ1) is 21.0. The quantitative estimate of drug-likeness (QED) is 0.421. The molecule has 5 aromatic rings. The normalized spacial score (nSPS) is 16.0. The van der Waals surface area contributed by atoms with Crippen molar-refractivity contribution in [2.24, 2.45) is 0 Å². The van der Waals surface area contributed by atoms with Crippen molar-refractivity contribution in [2.45, 2.75) is 18.6 Å². The summed E-state index contributed by atoms with van der Waals surface area (Å²) in [6, 6.07) is 6.14. The van der Waals surface area contributed by atoms with E-state index < -0.39 is 23.7 Å². The van der Waals surface area contributed by atoms with Crippen molar-refractivity contribution in [1.29, 1.82) is 0 Å². The first-order valence-electron chi connectivity index (χ1n) is 10.5. The minimum atomic E-state index is -4.56. The minimum Gasteiger partial charge on any atom is -0.412 e. The second-order valence-corrected chi connectivity index (χ2v) is 7.89. The number of hydrogen-bond donors (Lipinski definition) is 1. The number of hydrogen-bond acceptors (Lipinski definition) is 7. The van der Waals surface area contributed by atoms with Crippen LogP contribution in [-0.2, 0) is 12.6 Å². The summed E-state index contributed by atoms with van der Waals surface area (Å²) >= 11 is 0. The second-order valence-electron chi connectivity index (χ2n) is 7.89. The first-order chi connectivity index (χ1) is 16.9. The minimum absolute atomic E-state index is 0.123. The molecule has 0 fully saturated rings. The number of aromatic amines is 1. The van der Waals surface area contributed by atoms with Gasteiger partial charge in [0.2, 0.25) is 5.89 Å². The first-order valence-corrected chi connectivity index (χ1v) is 10.5. The van der Waals surface area contributed by atoms with Gasteiger partial charge >= 0.3 is 18.0 Å². The molecule has 0 bridgehead atoms. The number of H-pyrrole nitrogens is 1. The Balaban J connectivity index is 1.42. The van der Waals surface area contributed by atoms with Crippen LogP contribution in [0.3, 0.4) is 0 Å². The van der Waals surface area contributed by atoms with Gasteiger partial charge in [-0.3, -0.25) is 9.78 Å². The lowest BCUT2D eigenvalue weighted by molar-refractivity contribution is -0.136. The lowest BCUT2D eigenvalue weighted by atomic mass is 9.99. The lowest BCUT2D eigenvalue weighted by Gasteiger charge is -2.32. The van der Waals surface area contributed by atoms with Crippen molar-refractivity contribution in [3.63, 3.8) is 0 Å². The number of alkyl halides is 3. The van der Waals surface area contributed by atoms with E-state index >= 15 is 0 Å². The van der Waals surface area contributed by atoms with Gasteiger partial charge in [0.25, 0.3) is 0 Å². The zero-order valence-electron chi connectivity index (χ0n) is 17.8. The smallest absolute Gasteiger partial charge is 0.412 e. The number of nitrogens with one attached hydrogen (secondary N) is 1. The average molecular weight is 480 g/mol. The molecule has 1 amide bonds. The Bertz CT molecular complexity index is 1540. The molecule has 0 aliphatic carbocycles. The molecule has 0 saturated heterocycles. The predicted octanol–water partition coefficient (Wildman–Crippen LogP) is 3.31. The molecular formula is C22H15F3N8O2. The molecule has 0 radical (unpaired) electrons. The van der Waals surface area contributed by atoms with E-state index in [1.807, 2.05) is 0 Å². The Kier molecular flexibility index (Phi) is 4.65. The number of carbonyl (C=O) groups excluding carboxylic acids is 1. The van der Waals surface area contributed by atoms with E-state index in [0.717, 1.165) is 16.3 Å². The largest absolute Gasteiger partial charge is 0.418 e. The number of aromatic nitrogens is 7. The molecule has 0 saturated carbocycles. The summed E-state index contributed by atoms with van der Waals surface area (Å²) in [4.78, 5) is 26.3. The SMILES string of the molecule is O=C(c1nnc(-c2cccnc2)o1)N1CCc2[nH]cnc2[C@@H]1c1cc2c(C(F)(F)F)cccn2n1. The number of amides is 1. The highest BCUT2D eigenvalue weighted by Gasteiger charge is 2.39. The van der Waals surface area contributed by atoms with Gasteiger partial charge in [0.05, 0.1) is 34.4 Å². The molecular weight excluding hydrogens is 465 g/mol. The van der Waals surface area contributed by atoms with E-state index in [1.54, 1.807) is 18.3 Å². The third kappa shape index (κ3) is 3.52. The third-order valence-corrected chi connectivity index (χ3v) is 5.81. The van der Waals surface area contributed by atoms with Crippen LogP contribution in [0.15, 0.2) is 59.7 Å². The molecule has 1 N–H and O–H groups in total. The van der Waals surface area contributed by atoms with Gasteiger partial charge in [-0.1, -0.05) is 0 Å². The van der Waals surface area contributed by atoms with Gasteiger partial charge in [0, 0.05) is 37.3 Å². The fourth-order valence-corrected chi connectivity index (χ4v) is 4.24. The summed E-state index contributed by atoms with van der Waals surface area (Å²) in [6.45, 7) is 0.239. The van der Waals surface area contributed by atoms with Gasteiger partial charge in [-0.2, -0.15) is 18.3 Å². The molecule has 1 aliphatic rings. The maximum absolute atomic E-state index is 13.6. The molecule has 10 nitrogen and oxygen atoms in total. The highest BCUT2D eigenvalue weighted by Crippen LogP contribution is 2.37. The summed E-state index contributed by atoms with van der Waals surface area (Å²) in [5.41, 5.74) is 1.09. The number of rotatable bonds is 3. The number of imidazole rings is 1. The molecule has 0 unspecified atom stereocenters. The molecule has 0 spiro atoms. The van der Waals surface area contributed by atoms with Crippen LogP contribution in [0.5, 0.6) is 0 Å². The third-order valence-electron chi connectivity index (χ3n) is 5.81. The molecule has 176 valence electrons. The van der Waals surface area contributed by atoms with E-state index in [-0.39, 0.29) is 29.5 Å². The summed E-state index contributed by atoms with van der Waals surface area (Å²) in [5.74, 6) is -0.718. The highest BCUT2D eigenvalue weighted by molar-refractivity contribution is 5.90. The van der Waals surface area contributed by atoms with Crippen molar-refractivity contribution < 1.29 is 22.4 Å². The van der Waals surface area contributed by atoms with Crippen LogP contribution in [0.1, 0.15) is 39.4 Å². The van der Waals surface area contributed by atoms with E-state index in [4.69, 9.17) is 4.42 Å². The van der Waals surface area contributed by atoms with Crippen molar-refractivity contribution >= 4 is 11.4 Å². The van der Waals surface area contributed by atoms with Crippen molar-refractivity contribution in [2.75, 3.05) is 6.54 Å². The molecule has 35 heavy (non-hydrogen) atoms. The fourth-order valence-electron chi connectivity index (χ4n) is 4.24. The van der Waals surface area contributed by atoms with Crippen LogP contribution in [0, 0.1) is 0 Å². The monoisotopic (exact) mass is 480 g/mol. The number of pyridine rings is 2. The van der Waals surface area contributed by atoms with E-state index in [0.29, 0.717) is 17.7 Å². The summed E-state index contributed by atoms with van der Waals surface area (Å²) in [6.07, 6.45) is 1.91. The maximum Gasteiger partial charge on any atom is 0.418 e. The van der Waals surface area contributed by atoms with Crippen LogP contribution in [0.4, 0.5) is 13.2 Å². The van der Waals surface area contributed by atoms with Gasteiger partial charge in [-0.05, 0) is 30.3 Å². The zero-order valence-corrected chi connectivity index (χ0v) is 17.8. The molecule has 0 aromatic carbocycles. The summed E-state index contributed by atoms with van der Waals surface area (Å²) in [5, 5.41) is 12.2. The van der Waals surface area contributed by atoms with Crippen molar-refractivity contribution in [3.05, 3.63) is 83.8 Å². The molecule has 1 atom stereocenters. The zero-order chi connectivity index (χ0) is 24.2. The Hall–Kier alpha value is -4.55. The second kappa shape index (κ2) is 7.75. The molecule has 5 aromatic heterocycles. The number of halogens is 3.